The summed E-state index contributed by atoms with van der Waals surface area (Å²) in [4.78, 5) is 15.9. The molecule has 0 radical (unpaired) electrons. The number of methoxy groups -OCH3 is 1. The van der Waals surface area contributed by atoms with E-state index in [1.165, 1.54) is 0 Å². The van der Waals surface area contributed by atoms with Gasteiger partial charge in [0.25, 0.3) is 0 Å². The third kappa shape index (κ3) is 3.88. The smallest absolute Gasteiger partial charge is 0.242 e. The van der Waals surface area contributed by atoms with Gasteiger partial charge >= 0.3 is 0 Å². The van der Waals surface area contributed by atoms with Crippen LogP contribution < -0.4 is 14.1 Å². The Morgan fingerprint density at radius 3 is 2.35 bits per heavy atom. The van der Waals surface area contributed by atoms with Gasteiger partial charge in [0.2, 0.25) is 5.91 Å². The molecule has 0 bridgehead atoms. The molecule has 1 aliphatic rings. The summed E-state index contributed by atoms with van der Waals surface area (Å²) in [5, 5.41) is 1.14. The highest BCUT2D eigenvalue weighted by Gasteiger charge is 2.49. The number of quaternary nitrogens is 1. The minimum Gasteiger partial charge on any atom is -0.496 e. The zero-order valence-electron chi connectivity index (χ0n) is 20.5. The summed E-state index contributed by atoms with van der Waals surface area (Å²) < 4.78 is 6.51. The lowest BCUT2D eigenvalue weighted by molar-refractivity contribution is -0.121. The molecule has 0 saturated carbocycles. The number of nitrogens with zero attached hydrogens (tertiary/aromatic N) is 2. The summed E-state index contributed by atoms with van der Waals surface area (Å²) in [6.07, 6.45) is 0. The normalized spacial score (nSPS) is 17.9. The van der Waals surface area contributed by atoms with Crippen LogP contribution in [0.1, 0.15) is 37.5 Å². The summed E-state index contributed by atoms with van der Waals surface area (Å²) in [6, 6.07) is 19.8. The number of amides is 1. The van der Waals surface area contributed by atoms with Gasteiger partial charge in [0.15, 0.2) is 0 Å². The molecular formula is C28H31Cl2N2O2+. The highest BCUT2D eigenvalue weighted by atomic mass is 35.5. The molecule has 0 fully saturated rings. The van der Waals surface area contributed by atoms with Crippen LogP contribution in [0.15, 0.2) is 60.7 Å². The molecule has 3 aromatic rings. The Hall–Kier alpha value is -2.53. The van der Waals surface area contributed by atoms with Crippen LogP contribution in [0.5, 0.6) is 5.75 Å². The molecule has 6 heteroatoms. The zero-order valence-corrected chi connectivity index (χ0v) is 22.0. The molecule has 1 amide bonds. The molecule has 1 atom stereocenters. The van der Waals surface area contributed by atoms with Crippen molar-refractivity contribution in [2.24, 2.45) is 0 Å². The Labute approximate surface area is 212 Å². The number of carbonyl (C=O) groups excluding carboxylic acids is 1. The lowest BCUT2D eigenvalue weighted by Gasteiger charge is -2.34. The van der Waals surface area contributed by atoms with Gasteiger partial charge in [-0.15, -0.1) is 0 Å². The van der Waals surface area contributed by atoms with Crippen LogP contribution in [0.25, 0.3) is 0 Å². The zero-order chi connectivity index (χ0) is 24.8. The van der Waals surface area contributed by atoms with Crippen LogP contribution >= 0.6 is 23.2 Å². The van der Waals surface area contributed by atoms with Crippen molar-refractivity contribution in [2.75, 3.05) is 26.1 Å². The Balaban J connectivity index is 1.80. The maximum absolute atomic E-state index is 14.0. The molecule has 3 aromatic carbocycles. The van der Waals surface area contributed by atoms with Gasteiger partial charge in [0.05, 0.1) is 33.8 Å². The highest BCUT2D eigenvalue weighted by molar-refractivity contribution is 6.32. The first-order valence-electron chi connectivity index (χ1n) is 11.4. The van der Waals surface area contributed by atoms with Gasteiger partial charge in [-0.05, 0) is 68.3 Å². The number of carbonyl (C=O) groups is 1. The summed E-state index contributed by atoms with van der Waals surface area (Å²) in [5.74, 6) is 0.723. The topological polar surface area (TPSA) is 29.5 Å². The van der Waals surface area contributed by atoms with Crippen molar-refractivity contribution in [3.05, 3.63) is 87.4 Å². The van der Waals surface area contributed by atoms with Crippen molar-refractivity contribution in [1.82, 2.24) is 4.48 Å². The van der Waals surface area contributed by atoms with E-state index in [0.29, 0.717) is 22.6 Å². The first-order chi connectivity index (χ1) is 16.0. The van der Waals surface area contributed by atoms with Crippen molar-refractivity contribution < 1.29 is 9.53 Å². The first-order valence-corrected chi connectivity index (χ1v) is 12.2. The molecule has 4 rings (SSSR count). The number of anilines is 1. The van der Waals surface area contributed by atoms with E-state index in [2.05, 4.69) is 46.1 Å². The Morgan fingerprint density at radius 2 is 1.71 bits per heavy atom. The van der Waals surface area contributed by atoms with Crippen molar-refractivity contribution in [3.8, 4) is 5.75 Å². The maximum atomic E-state index is 14.0. The molecule has 34 heavy (non-hydrogen) atoms. The molecule has 1 heterocycles. The van der Waals surface area contributed by atoms with Crippen molar-refractivity contribution in [1.29, 1.82) is 0 Å². The van der Waals surface area contributed by atoms with E-state index in [1.54, 1.807) is 7.11 Å². The average Bonchev–Trinajstić information content (AvgIpc) is 3.01. The standard InChI is InChI=1S/C28H31Cl2N2O2/c1-18(2)32(4,5)21-13-11-19(26(16-21)34-6)17-31-25-14-12-20(29)15-23(25)28(3,27(31)33)22-9-7-8-10-24(22)30/h7-16,18H,17H2,1-6H3/q+1. The fourth-order valence-corrected chi connectivity index (χ4v) is 5.11. The fourth-order valence-electron chi connectivity index (χ4n) is 4.61. The number of halogens is 2. The molecule has 0 N–H and O–H groups in total. The van der Waals surface area contributed by atoms with Crippen LogP contribution in [0, 0.1) is 0 Å². The van der Waals surface area contributed by atoms with Gasteiger partial charge < -0.3 is 9.64 Å². The predicted octanol–water partition coefficient (Wildman–Crippen LogP) is 6.83. The molecule has 1 aliphatic heterocycles. The monoisotopic (exact) mass is 497 g/mol. The van der Waals surface area contributed by atoms with Crippen molar-refractivity contribution in [2.45, 2.75) is 38.8 Å². The minimum atomic E-state index is -0.942. The molecule has 178 valence electrons. The van der Waals surface area contributed by atoms with Crippen LogP contribution in [0.4, 0.5) is 11.4 Å². The molecule has 0 aliphatic carbocycles. The lowest BCUT2D eigenvalue weighted by Crippen LogP contribution is -2.46. The fraction of sp³-hybridized carbons (Fsp3) is 0.321. The van der Waals surface area contributed by atoms with Gasteiger partial charge in [-0.25, -0.2) is 0 Å². The van der Waals surface area contributed by atoms with Crippen molar-refractivity contribution in [3.63, 3.8) is 0 Å². The molecule has 0 aromatic heterocycles. The number of rotatable bonds is 6. The molecule has 0 spiro atoms. The molecule has 4 nitrogen and oxygen atoms in total. The van der Waals surface area contributed by atoms with E-state index in [1.807, 2.05) is 54.3 Å². The van der Waals surface area contributed by atoms with E-state index >= 15 is 0 Å². The van der Waals surface area contributed by atoms with Gasteiger partial charge in [0.1, 0.15) is 16.9 Å². The second-order valence-corrected chi connectivity index (χ2v) is 10.6. The highest BCUT2D eigenvalue weighted by Crippen LogP contribution is 2.49. The third-order valence-electron chi connectivity index (χ3n) is 7.43. The SMILES string of the molecule is COc1cc([N+](C)(C)C(C)C)ccc1CN1C(=O)C(C)(c2ccccc2Cl)c2cc(Cl)ccc21. The lowest BCUT2D eigenvalue weighted by atomic mass is 9.77. The number of hydrogen-bond acceptors (Lipinski definition) is 2. The van der Waals surface area contributed by atoms with Crippen LogP contribution in [-0.2, 0) is 16.8 Å². The summed E-state index contributed by atoms with van der Waals surface area (Å²) in [7, 11) is 6.03. The van der Waals surface area contributed by atoms with Crippen LogP contribution in [0.2, 0.25) is 10.0 Å². The van der Waals surface area contributed by atoms with E-state index < -0.39 is 5.41 Å². The van der Waals surface area contributed by atoms with E-state index in [4.69, 9.17) is 27.9 Å². The number of ether oxygens (including phenoxy) is 1. The van der Waals surface area contributed by atoms with E-state index in [9.17, 15) is 4.79 Å². The van der Waals surface area contributed by atoms with Crippen LogP contribution in [0.3, 0.4) is 0 Å². The maximum Gasteiger partial charge on any atom is 0.242 e. The van der Waals surface area contributed by atoms with Crippen LogP contribution in [-0.4, -0.2) is 33.2 Å². The predicted molar refractivity (Wildman–Crippen MR) is 142 cm³/mol. The number of fused-ring (bicyclic) bond motifs is 1. The quantitative estimate of drug-likeness (QED) is 0.349. The van der Waals surface area contributed by atoms with Gasteiger partial charge in [-0.3, -0.25) is 9.28 Å². The summed E-state index contributed by atoms with van der Waals surface area (Å²) in [6.45, 7) is 6.70. The third-order valence-corrected chi connectivity index (χ3v) is 7.99. The van der Waals surface area contributed by atoms with Gasteiger partial charge in [-0.2, -0.15) is 0 Å². The minimum absolute atomic E-state index is 0.0395. The Morgan fingerprint density at radius 1 is 1.00 bits per heavy atom. The van der Waals surface area contributed by atoms with Gasteiger partial charge in [0, 0.05) is 27.4 Å². The first kappa shape index (κ1) is 24.6. The second kappa shape index (κ2) is 8.92. The van der Waals surface area contributed by atoms with Crippen molar-refractivity contribution >= 4 is 40.5 Å². The van der Waals surface area contributed by atoms with Gasteiger partial charge in [-0.1, -0.05) is 41.4 Å². The van der Waals surface area contributed by atoms with E-state index in [-0.39, 0.29) is 5.91 Å². The largest absolute Gasteiger partial charge is 0.496 e. The average molecular weight is 498 g/mol. The van der Waals surface area contributed by atoms with E-state index in [0.717, 1.165) is 38.3 Å². The summed E-state index contributed by atoms with van der Waals surface area (Å²) >= 11 is 13.0. The second-order valence-electron chi connectivity index (χ2n) is 9.79. The Kier molecular flexibility index (Phi) is 6.45. The molecular weight excluding hydrogens is 467 g/mol. The number of hydrogen-bond donors (Lipinski definition) is 0. The Bertz CT molecular complexity index is 1250. The molecule has 0 saturated heterocycles. The number of benzene rings is 3. The summed E-state index contributed by atoms with van der Waals surface area (Å²) in [5.41, 5.74) is 3.60. The molecule has 1 unspecified atom stereocenters.